The van der Waals surface area contributed by atoms with Crippen LogP contribution in [0.1, 0.15) is 37.6 Å². The molecule has 0 bridgehead atoms. The highest BCUT2D eigenvalue weighted by molar-refractivity contribution is 7.18. The molecule has 0 aliphatic heterocycles. The summed E-state index contributed by atoms with van der Waals surface area (Å²) in [5.41, 5.74) is 0.778. The van der Waals surface area contributed by atoms with Gasteiger partial charge in [0.1, 0.15) is 16.8 Å². The molecule has 0 unspecified atom stereocenters. The Morgan fingerprint density at radius 1 is 1.33 bits per heavy atom. The summed E-state index contributed by atoms with van der Waals surface area (Å²) in [5, 5.41) is 0.971. The van der Waals surface area contributed by atoms with Gasteiger partial charge in [-0.05, 0) is 45.6 Å². The Morgan fingerprint density at radius 3 is 2.90 bits per heavy atom. The van der Waals surface area contributed by atoms with Crippen LogP contribution in [-0.2, 0) is 22.4 Å². The van der Waals surface area contributed by atoms with Gasteiger partial charge < -0.3 is 9.47 Å². The van der Waals surface area contributed by atoms with Crippen LogP contribution in [-0.4, -0.2) is 28.1 Å². The Labute approximate surface area is 127 Å². The lowest BCUT2D eigenvalue weighted by molar-refractivity contribution is -0.157. The van der Waals surface area contributed by atoms with Gasteiger partial charge in [-0.15, -0.1) is 11.3 Å². The molecule has 3 rings (SSSR count). The Kier molecular flexibility index (Phi) is 3.57. The van der Waals surface area contributed by atoms with Crippen LogP contribution in [0, 0.1) is 0 Å². The summed E-state index contributed by atoms with van der Waals surface area (Å²) in [6.45, 7) is 5.37. The van der Waals surface area contributed by atoms with E-state index in [-0.39, 0.29) is 12.6 Å². The van der Waals surface area contributed by atoms with Crippen LogP contribution in [0.25, 0.3) is 10.2 Å². The molecular weight excluding hydrogens is 288 g/mol. The molecule has 21 heavy (non-hydrogen) atoms. The van der Waals surface area contributed by atoms with Gasteiger partial charge in [-0.25, -0.2) is 14.8 Å². The molecule has 5 nitrogen and oxygen atoms in total. The minimum atomic E-state index is -0.509. The smallest absolute Gasteiger partial charge is 0.344 e. The highest BCUT2D eigenvalue weighted by Gasteiger charge is 2.23. The van der Waals surface area contributed by atoms with Crippen molar-refractivity contribution in [3.63, 3.8) is 0 Å². The number of hydrogen-bond donors (Lipinski definition) is 0. The first-order valence-corrected chi connectivity index (χ1v) is 7.85. The molecule has 0 saturated carbocycles. The van der Waals surface area contributed by atoms with E-state index in [1.165, 1.54) is 16.8 Å². The summed E-state index contributed by atoms with van der Waals surface area (Å²) in [6.07, 6.45) is 4.78. The highest BCUT2D eigenvalue weighted by atomic mass is 32.1. The fourth-order valence-electron chi connectivity index (χ4n) is 2.51. The number of aromatic nitrogens is 2. The molecule has 2 heterocycles. The summed E-state index contributed by atoms with van der Waals surface area (Å²) in [6, 6.07) is 0. The van der Waals surface area contributed by atoms with Gasteiger partial charge in [-0.3, -0.25) is 0 Å². The molecule has 2 aromatic heterocycles. The van der Waals surface area contributed by atoms with Gasteiger partial charge in [0.2, 0.25) is 5.88 Å². The maximum absolute atomic E-state index is 11.8. The molecule has 0 spiro atoms. The number of thiophene rings is 1. The number of ether oxygens (including phenoxy) is 2. The molecule has 0 atom stereocenters. The topological polar surface area (TPSA) is 61.3 Å². The van der Waals surface area contributed by atoms with Gasteiger partial charge in [0.25, 0.3) is 0 Å². The number of fused-ring (bicyclic) bond motifs is 3. The lowest BCUT2D eigenvalue weighted by Crippen LogP contribution is -2.27. The first-order valence-electron chi connectivity index (χ1n) is 7.04. The van der Waals surface area contributed by atoms with Gasteiger partial charge in [-0.1, -0.05) is 0 Å². The monoisotopic (exact) mass is 306 g/mol. The van der Waals surface area contributed by atoms with Crippen LogP contribution in [0.15, 0.2) is 6.33 Å². The third-order valence-corrected chi connectivity index (χ3v) is 4.41. The fourth-order valence-corrected chi connectivity index (χ4v) is 3.73. The molecular formula is C15H18N2O3S. The molecule has 0 fully saturated rings. The van der Waals surface area contributed by atoms with Crippen LogP contribution < -0.4 is 4.74 Å². The molecule has 112 valence electrons. The average Bonchev–Trinajstić information content (AvgIpc) is 2.94. The summed E-state index contributed by atoms with van der Waals surface area (Å²) in [4.78, 5) is 22.6. The van der Waals surface area contributed by atoms with Crippen LogP contribution in [0.4, 0.5) is 0 Å². The normalized spacial score (nSPS) is 14.2. The Hall–Kier alpha value is -1.69. The Bertz CT molecular complexity index is 688. The van der Waals surface area contributed by atoms with Crippen molar-refractivity contribution in [2.45, 2.75) is 45.6 Å². The molecule has 1 aliphatic carbocycles. The summed E-state index contributed by atoms with van der Waals surface area (Å²) in [5.74, 6) is 0.103. The number of nitrogens with zero attached hydrogens (tertiary/aromatic N) is 2. The zero-order chi connectivity index (χ0) is 15.0. The van der Waals surface area contributed by atoms with E-state index in [2.05, 4.69) is 9.97 Å². The van der Waals surface area contributed by atoms with Crippen molar-refractivity contribution >= 4 is 27.5 Å². The van der Waals surface area contributed by atoms with Gasteiger partial charge in [0.15, 0.2) is 6.61 Å². The molecule has 2 aromatic rings. The van der Waals surface area contributed by atoms with E-state index in [1.807, 2.05) is 20.8 Å². The molecule has 0 amide bonds. The number of carbonyl (C=O) groups is 1. The minimum Gasteiger partial charge on any atom is -0.465 e. The quantitative estimate of drug-likeness (QED) is 0.816. The van der Waals surface area contributed by atoms with Gasteiger partial charge in [0, 0.05) is 4.88 Å². The largest absolute Gasteiger partial charge is 0.465 e. The predicted molar refractivity (Wildman–Crippen MR) is 80.8 cm³/mol. The van der Waals surface area contributed by atoms with Crippen molar-refractivity contribution in [1.82, 2.24) is 9.97 Å². The zero-order valence-corrected chi connectivity index (χ0v) is 13.2. The van der Waals surface area contributed by atoms with Crippen LogP contribution >= 0.6 is 11.3 Å². The maximum Gasteiger partial charge on any atom is 0.344 e. The summed E-state index contributed by atoms with van der Waals surface area (Å²) < 4.78 is 10.8. The SMILES string of the molecule is CC(C)(C)OC(=O)COc1ncnc2sc3c(c12)CCC3. The maximum atomic E-state index is 11.8. The van der Waals surface area contributed by atoms with Crippen molar-refractivity contribution < 1.29 is 14.3 Å². The van der Waals surface area contributed by atoms with Crippen LogP contribution in [0.5, 0.6) is 5.88 Å². The number of rotatable bonds is 3. The van der Waals surface area contributed by atoms with E-state index >= 15 is 0 Å². The number of esters is 1. The lowest BCUT2D eigenvalue weighted by atomic mass is 10.2. The molecule has 1 aliphatic rings. The molecule has 0 N–H and O–H groups in total. The van der Waals surface area contributed by atoms with Crippen molar-refractivity contribution in [2.24, 2.45) is 0 Å². The van der Waals surface area contributed by atoms with E-state index in [1.54, 1.807) is 11.3 Å². The first kappa shape index (κ1) is 14.3. The van der Waals surface area contributed by atoms with Crippen molar-refractivity contribution in [3.05, 3.63) is 16.8 Å². The second kappa shape index (κ2) is 5.26. The second-order valence-corrected chi connectivity index (χ2v) is 7.18. The van der Waals surface area contributed by atoms with Crippen molar-refractivity contribution in [2.75, 3.05) is 6.61 Å². The van der Waals surface area contributed by atoms with Gasteiger partial charge in [0.05, 0.1) is 5.39 Å². The van der Waals surface area contributed by atoms with Gasteiger partial charge in [-0.2, -0.15) is 0 Å². The van der Waals surface area contributed by atoms with E-state index in [4.69, 9.17) is 9.47 Å². The van der Waals surface area contributed by atoms with E-state index < -0.39 is 5.60 Å². The Morgan fingerprint density at radius 2 is 2.14 bits per heavy atom. The van der Waals surface area contributed by atoms with Crippen molar-refractivity contribution in [3.8, 4) is 5.88 Å². The predicted octanol–water partition coefficient (Wildman–Crippen LogP) is 2.90. The third kappa shape index (κ3) is 3.00. The summed E-state index contributed by atoms with van der Waals surface area (Å²) >= 11 is 1.70. The number of aryl methyl sites for hydroxylation is 2. The average molecular weight is 306 g/mol. The van der Waals surface area contributed by atoms with E-state index in [9.17, 15) is 4.79 Å². The van der Waals surface area contributed by atoms with Gasteiger partial charge >= 0.3 is 5.97 Å². The number of carbonyl (C=O) groups excluding carboxylic acids is 1. The minimum absolute atomic E-state index is 0.131. The van der Waals surface area contributed by atoms with E-state index in [0.717, 1.165) is 29.5 Å². The van der Waals surface area contributed by atoms with Crippen LogP contribution in [0.3, 0.4) is 0 Å². The lowest BCUT2D eigenvalue weighted by Gasteiger charge is -2.19. The molecule has 0 aromatic carbocycles. The third-order valence-electron chi connectivity index (χ3n) is 3.21. The van der Waals surface area contributed by atoms with Crippen molar-refractivity contribution in [1.29, 1.82) is 0 Å². The molecule has 0 radical (unpaired) electrons. The summed E-state index contributed by atoms with van der Waals surface area (Å²) in [7, 11) is 0. The van der Waals surface area contributed by atoms with E-state index in [0.29, 0.717) is 5.88 Å². The number of hydrogen-bond acceptors (Lipinski definition) is 6. The molecule has 0 saturated heterocycles. The molecule has 6 heteroatoms. The zero-order valence-electron chi connectivity index (χ0n) is 12.4. The highest BCUT2D eigenvalue weighted by Crippen LogP contribution is 2.39. The second-order valence-electron chi connectivity index (χ2n) is 6.09. The van der Waals surface area contributed by atoms with Crippen LogP contribution in [0.2, 0.25) is 0 Å². The standard InChI is InChI=1S/C15H18N2O3S/c1-15(2,3)20-11(18)7-19-13-12-9-5-4-6-10(9)21-14(12)17-8-16-13/h8H,4-7H2,1-3H3. The fraction of sp³-hybridized carbons (Fsp3) is 0.533. The first-order chi connectivity index (χ1) is 9.94. The Balaban J connectivity index is 1.80.